The molecule has 0 aromatic carbocycles. The van der Waals surface area contributed by atoms with Crippen LogP contribution in [0.5, 0.6) is 0 Å². The molecule has 0 fully saturated rings. The van der Waals surface area contributed by atoms with Crippen molar-refractivity contribution in [2.75, 3.05) is 0 Å². The van der Waals surface area contributed by atoms with Crippen LogP contribution in [0.1, 0.15) is 26.7 Å². The van der Waals surface area contributed by atoms with Crippen LogP contribution in [-0.4, -0.2) is 11.1 Å². The third kappa shape index (κ3) is 5.07. The zero-order valence-corrected chi connectivity index (χ0v) is 5.85. The van der Waals surface area contributed by atoms with Crippen molar-refractivity contribution in [3.05, 3.63) is 11.6 Å². The topological polar surface area (TPSA) is 37.3 Å². The van der Waals surface area contributed by atoms with Crippen LogP contribution in [0.25, 0.3) is 0 Å². The third-order valence-electron chi connectivity index (χ3n) is 1.23. The summed E-state index contributed by atoms with van der Waals surface area (Å²) in [5, 5.41) is 8.23. The second kappa shape index (κ2) is 4.13. The van der Waals surface area contributed by atoms with Crippen molar-refractivity contribution in [3.8, 4) is 0 Å². The van der Waals surface area contributed by atoms with E-state index in [1.807, 2.05) is 19.9 Å². The van der Waals surface area contributed by atoms with Gasteiger partial charge >= 0.3 is 5.97 Å². The summed E-state index contributed by atoms with van der Waals surface area (Å²) in [6.07, 6.45) is 2.85. The molecule has 0 rings (SSSR count). The molecule has 2 nitrogen and oxygen atoms in total. The molecule has 0 bridgehead atoms. The molecule has 0 aliphatic rings. The number of carboxylic acids is 1. The fraction of sp³-hybridized carbons (Fsp3) is 0.571. The fourth-order valence-electron chi connectivity index (χ4n) is 0.448. The Balaban J connectivity index is 3.39. The molecule has 1 N–H and O–H groups in total. The lowest BCUT2D eigenvalue weighted by Crippen LogP contribution is -1.93. The molecule has 0 amide bonds. The van der Waals surface area contributed by atoms with Gasteiger partial charge in [-0.15, -0.1) is 0 Å². The minimum absolute atomic E-state index is 0.246. The van der Waals surface area contributed by atoms with E-state index >= 15 is 0 Å². The monoisotopic (exact) mass is 128 g/mol. The summed E-state index contributed by atoms with van der Waals surface area (Å²) in [5.74, 6) is -0.726. The first-order valence-electron chi connectivity index (χ1n) is 3.00. The minimum Gasteiger partial charge on any atom is -0.481 e. The van der Waals surface area contributed by atoms with E-state index in [-0.39, 0.29) is 6.42 Å². The van der Waals surface area contributed by atoms with Crippen molar-refractivity contribution in [2.24, 2.45) is 0 Å². The average Bonchev–Trinajstić information content (AvgIpc) is 1.83. The molecule has 0 aromatic heterocycles. The fourth-order valence-corrected chi connectivity index (χ4v) is 0.448. The van der Waals surface area contributed by atoms with Crippen molar-refractivity contribution in [2.45, 2.75) is 26.7 Å². The van der Waals surface area contributed by atoms with E-state index < -0.39 is 5.97 Å². The van der Waals surface area contributed by atoms with Crippen molar-refractivity contribution >= 4 is 5.97 Å². The summed E-state index contributed by atoms with van der Waals surface area (Å²) >= 11 is 0. The van der Waals surface area contributed by atoms with Gasteiger partial charge in [-0.25, -0.2) is 0 Å². The zero-order chi connectivity index (χ0) is 7.28. The van der Waals surface area contributed by atoms with Crippen LogP contribution < -0.4 is 0 Å². The highest BCUT2D eigenvalue weighted by Crippen LogP contribution is 2.01. The van der Waals surface area contributed by atoms with E-state index in [0.29, 0.717) is 6.42 Å². The molecule has 0 aliphatic heterocycles. The SMILES string of the molecule is CC=C(C)CCC(=O)O. The Kier molecular flexibility index (Phi) is 3.76. The summed E-state index contributed by atoms with van der Waals surface area (Å²) in [6, 6.07) is 0. The lowest BCUT2D eigenvalue weighted by Gasteiger charge is -1.93. The van der Waals surface area contributed by atoms with Gasteiger partial charge < -0.3 is 5.11 Å². The standard InChI is InChI=1S/C7H12O2/c1-3-6(2)4-5-7(8)9/h3H,4-5H2,1-2H3,(H,8,9). The maximum atomic E-state index is 9.99. The number of allylic oxidation sites excluding steroid dienone is 2. The molecule has 0 spiro atoms. The molecular formula is C7H12O2. The highest BCUT2D eigenvalue weighted by molar-refractivity contribution is 5.66. The Morgan fingerprint density at radius 1 is 1.56 bits per heavy atom. The van der Waals surface area contributed by atoms with Crippen molar-refractivity contribution in [1.82, 2.24) is 0 Å². The zero-order valence-electron chi connectivity index (χ0n) is 5.85. The normalized spacial score (nSPS) is 11.6. The largest absolute Gasteiger partial charge is 0.481 e. The predicted molar refractivity (Wildman–Crippen MR) is 36.3 cm³/mol. The molecule has 0 aliphatic carbocycles. The molecule has 0 aromatic rings. The molecular weight excluding hydrogens is 116 g/mol. The Bertz CT molecular complexity index is 125. The van der Waals surface area contributed by atoms with Gasteiger partial charge in [-0.3, -0.25) is 4.79 Å². The minimum atomic E-state index is -0.726. The molecule has 0 saturated heterocycles. The summed E-state index contributed by atoms with van der Waals surface area (Å²) in [4.78, 5) is 9.99. The number of rotatable bonds is 3. The predicted octanol–water partition coefficient (Wildman–Crippen LogP) is 1.82. The van der Waals surface area contributed by atoms with E-state index in [1.54, 1.807) is 0 Å². The van der Waals surface area contributed by atoms with Crippen molar-refractivity contribution in [3.63, 3.8) is 0 Å². The van der Waals surface area contributed by atoms with Gasteiger partial charge in [0.05, 0.1) is 0 Å². The highest BCUT2D eigenvalue weighted by Gasteiger charge is 1.95. The van der Waals surface area contributed by atoms with Crippen LogP contribution >= 0.6 is 0 Å². The molecule has 52 valence electrons. The first-order chi connectivity index (χ1) is 4.16. The van der Waals surface area contributed by atoms with Crippen LogP contribution in [0.15, 0.2) is 11.6 Å². The van der Waals surface area contributed by atoms with E-state index in [2.05, 4.69) is 0 Å². The molecule has 0 radical (unpaired) electrons. The van der Waals surface area contributed by atoms with E-state index in [9.17, 15) is 4.79 Å². The van der Waals surface area contributed by atoms with Crippen LogP contribution in [0.4, 0.5) is 0 Å². The van der Waals surface area contributed by atoms with Gasteiger partial charge in [-0.05, 0) is 20.3 Å². The van der Waals surface area contributed by atoms with Gasteiger partial charge in [-0.2, -0.15) is 0 Å². The third-order valence-corrected chi connectivity index (χ3v) is 1.23. The maximum absolute atomic E-state index is 9.99. The Morgan fingerprint density at radius 2 is 2.11 bits per heavy atom. The van der Waals surface area contributed by atoms with Crippen LogP contribution in [0, 0.1) is 0 Å². The first-order valence-corrected chi connectivity index (χ1v) is 3.00. The van der Waals surface area contributed by atoms with Gasteiger partial charge in [0.2, 0.25) is 0 Å². The number of hydrogen-bond donors (Lipinski definition) is 1. The van der Waals surface area contributed by atoms with E-state index in [0.717, 1.165) is 5.57 Å². The van der Waals surface area contributed by atoms with E-state index in [4.69, 9.17) is 5.11 Å². The Morgan fingerprint density at radius 3 is 2.44 bits per heavy atom. The Labute approximate surface area is 55.2 Å². The highest BCUT2D eigenvalue weighted by atomic mass is 16.4. The number of aliphatic carboxylic acids is 1. The molecule has 2 heteroatoms. The van der Waals surface area contributed by atoms with E-state index in [1.165, 1.54) is 0 Å². The van der Waals surface area contributed by atoms with Crippen molar-refractivity contribution < 1.29 is 9.90 Å². The summed E-state index contributed by atoms with van der Waals surface area (Å²) in [7, 11) is 0. The second-order valence-electron chi connectivity index (χ2n) is 2.03. The van der Waals surface area contributed by atoms with Gasteiger partial charge in [0.25, 0.3) is 0 Å². The quantitative estimate of drug-likeness (QED) is 0.588. The van der Waals surface area contributed by atoms with Gasteiger partial charge in [-0.1, -0.05) is 11.6 Å². The summed E-state index contributed by atoms with van der Waals surface area (Å²) in [5.41, 5.74) is 1.14. The molecule has 0 unspecified atom stereocenters. The van der Waals surface area contributed by atoms with Crippen molar-refractivity contribution in [1.29, 1.82) is 0 Å². The molecule has 0 saturated carbocycles. The van der Waals surface area contributed by atoms with Gasteiger partial charge in [0.15, 0.2) is 0 Å². The second-order valence-corrected chi connectivity index (χ2v) is 2.03. The summed E-state index contributed by atoms with van der Waals surface area (Å²) < 4.78 is 0. The van der Waals surface area contributed by atoms with Crippen LogP contribution in [0.2, 0.25) is 0 Å². The lowest BCUT2D eigenvalue weighted by molar-refractivity contribution is -0.136. The average molecular weight is 128 g/mol. The summed E-state index contributed by atoms with van der Waals surface area (Å²) in [6.45, 7) is 3.85. The molecule has 0 atom stereocenters. The van der Waals surface area contributed by atoms with Crippen LogP contribution in [-0.2, 0) is 4.79 Å². The maximum Gasteiger partial charge on any atom is 0.303 e. The lowest BCUT2D eigenvalue weighted by atomic mass is 10.1. The number of carboxylic acid groups (broad SMARTS) is 1. The van der Waals surface area contributed by atoms with Gasteiger partial charge in [0.1, 0.15) is 0 Å². The van der Waals surface area contributed by atoms with Gasteiger partial charge in [0, 0.05) is 6.42 Å². The number of hydrogen-bond acceptors (Lipinski definition) is 1. The van der Waals surface area contributed by atoms with Crippen LogP contribution in [0.3, 0.4) is 0 Å². The number of carbonyl (C=O) groups is 1. The molecule has 0 heterocycles. The first kappa shape index (κ1) is 8.21. The Hall–Kier alpha value is -0.790. The molecule has 9 heavy (non-hydrogen) atoms. The smallest absolute Gasteiger partial charge is 0.303 e.